The van der Waals surface area contributed by atoms with Crippen molar-refractivity contribution < 1.29 is 14.3 Å². The van der Waals surface area contributed by atoms with Crippen LogP contribution in [0.5, 0.6) is 0 Å². The third-order valence-corrected chi connectivity index (χ3v) is 2.42. The molecule has 0 aromatic rings. The van der Waals surface area contributed by atoms with E-state index in [1.165, 1.54) is 12.5 Å². The van der Waals surface area contributed by atoms with E-state index in [4.69, 9.17) is 0 Å². The van der Waals surface area contributed by atoms with Crippen LogP contribution >= 0.6 is 0 Å². The number of carbonyl (C=O) groups is 2. The number of carbonyl (C=O) groups excluding carboxylic acids is 2. The van der Waals surface area contributed by atoms with Gasteiger partial charge in [0.25, 0.3) is 0 Å². The van der Waals surface area contributed by atoms with E-state index in [2.05, 4.69) is 18.6 Å². The van der Waals surface area contributed by atoms with Crippen LogP contribution in [-0.2, 0) is 14.3 Å². The second-order valence-corrected chi connectivity index (χ2v) is 3.97. The van der Waals surface area contributed by atoms with Gasteiger partial charge in [0, 0.05) is 12.5 Å². The Hall–Kier alpha value is -1.38. The van der Waals surface area contributed by atoms with Crippen molar-refractivity contribution in [1.29, 1.82) is 0 Å². The molecule has 0 radical (unpaired) electrons. The largest absolute Gasteiger partial charge is 0.390 e. The summed E-state index contributed by atoms with van der Waals surface area (Å²) in [4.78, 5) is 21.9. The summed E-state index contributed by atoms with van der Waals surface area (Å²) in [6.45, 7) is 5.48. The molecule has 0 unspecified atom stereocenters. The van der Waals surface area contributed by atoms with Crippen molar-refractivity contribution in [3.05, 3.63) is 23.3 Å². The summed E-state index contributed by atoms with van der Waals surface area (Å²) in [6, 6.07) is 0. The second kappa shape index (κ2) is 4.91. The number of rotatable bonds is 2. The van der Waals surface area contributed by atoms with Gasteiger partial charge < -0.3 is 4.74 Å². The van der Waals surface area contributed by atoms with Gasteiger partial charge in [-0.2, -0.15) is 0 Å². The van der Waals surface area contributed by atoms with Crippen molar-refractivity contribution in [2.75, 3.05) is 0 Å². The summed E-state index contributed by atoms with van der Waals surface area (Å²) in [5.74, 6) is -0.562. The van der Waals surface area contributed by atoms with Crippen molar-refractivity contribution in [3.63, 3.8) is 0 Å². The first-order valence-corrected chi connectivity index (χ1v) is 5.13. The number of esters is 2. The lowest BCUT2D eigenvalue weighted by atomic mass is 9.91. The standard InChI is InChI=1S/C12H16O3/c1-8(2)10-4-6-11(7-5-10)12(14)15-9(3)13/h4,6,8H,5,7H2,1-3H3. The minimum Gasteiger partial charge on any atom is -0.390 e. The topological polar surface area (TPSA) is 43.4 Å². The van der Waals surface area contributed by atoms with Crippen LogP contribution in [0.25, 0.3) is 0 Å². The SMILES string of the molecule is CC(=O)OC(=O)C1=CC=C(C(C)C)CC1. The van der Waals surface area contributed by atoms with Gasteiger partial charge in [0.05, 0.1) is 0 Å². The molecule has 0 aliphatic heterocycles. The predicted molar refractivity (Wildman–Crippen MR) is 57.0 cm³/mol. The Morgan fingerprint density at radius 1 is 1.27 bits per heavy atom. The third kappa shape index (κ3) is 3.35. The molecule has 0 aromatic heterocycles. The van der Waals surface area contributed by atoms with Crippen LogP contribution in [0.2, 0.25) is 0 Å². The normalized spacial score (nSPS) is 15.7. The maximum Gasteiger partial charge on any atom is 0.341 e. The molecule has 0 saturated heterocycles. The fourth-order valence-electron chi connectivity index (χ4n) is 1.50. The molecule has 0 aromatic carbocycles. The number of hydrogen-bond acceptors (Lipinski definition) is 3. The van der Waals surface area contributed by atoms with E-state index in [0.29, 0.717) is 17.9 Å². The molecule has 0 bridgehead atoms. The molecule has 0 saturated carbocycles. The molecule has 0 amide bonds. The molecule has 1 aliphatic carbocycles. The molecular formula is C12H16O3. The van der Waals surface area contributed by atoms with E-state index < -0.39 is 11.9 Å². The van der Waals surface area contributed by atoms with Crippen LogP contribution in [0.3, 0.4) is 0 Å². The van der Waals surface area contributed by atoms with E-state index in [1.807, 2.05) is 6.08 Å². The van der Waals surface area contributed by atoms with Crippen molar-refractivity contribution in [2.24, 2.45) is 5.92 Å². The number of hydrogen-bond donors (Lipinski definition) is 0. The summed E-state index contributed by atoms with van der Waals surface area (Å²) < 4.78 is 4.51. The summed E-state index contributed by atoms with van der Waals surface area (Å²) >= 11 is 0. The summed E-state index contributed by atoms with van der Waals surface area (Å²) in [5.41, 5.74) is 1.91. The van der Waals surface area contributed by atoms with Crippen LogP contribution < -0.4 is 0 Å². The molecule has 3 heteroatoms. The van der Waals surface area contributed by atoms with Gasteiger partial charge in [-0.05, 0) is 18.8 Å². The predicted octanol–water partition coefficient (Wildman–Crippen LogP) is 2.38. The maximum atomic E-state index is 11.3. The molecule has 0 N–H and O–H groups in total. The minimum absolute atomic E-state index is 0.506. The molecule has 0 spiro atoms. The van der Waals surface area contributed by atoms with E-state index in [9.17, 15) is 9.59 Å². The average molecular weight is 208 g/mol. The molecule has 3 nitrogen and oxygen atoms in total. The molecule has 0 heterocycles. The lowest BCUT2D eigenvalue weighted by molar-refractivity contribution is -0.155. The minimum atomic E-state index is -0.556. The van der Waals surface area contributed by atoms with Gasteiger partial charge in [0.1, 0.15) is 0 Å². The summed E-state index contributed by atoms with van der Waals surface area (Å²) in [5, 5.41) is 0. The van der Waals surface area contributed by atoms with Crippen molar-refractivity contribution in [3.8, 4) is 0 Å². The highest BCUT2D eigenvalue weighted by Gasteiger charge is 2.17. The molecule has 1 aliphatic rings. The molecule has 82 valence electrons. The first-order valence-electron chi connectivity index (χ1n) is 5.13. The second-order valence-electron chi connectivity index (χ2n) is 3.97. The Bertz CT molecular complexity index is 335. The van der Waals surface area contributed by atoms with Gasteiger partial charge in [-0.25, -0.2) is 4.79 Å². The lowest BCUT2D eigenvalue weighted by Crippen LogP contribution is -2.13. The fourth-order valence-corrected chi connectivity index (χ4v) is 1.50. The van der Waals surface area contributed by atoms with E-state index >= 15 is 0 Å². The molecular weight excluding hydrogens is 192 g/mol. The third-order valence-electron chi connectivity index (χ3n) is 2.42. The molecule has 0 fully saturated rings. The highest BCUT2D eigenvalue weighted by molar-refractivity contribution is 5.96. The number of ether oxygens (including phenoxy) is 1. The molecule has 1 rings (SSSR count). The van der Waals surface area contributed by atoms with Gasteiger partial charge in [-0.15, -0.1) is 0 Å². The van der Waals surface area contributed by atoms with Gasteiger partial charge in [-0.1, -0.05) is 31.6 Å². The zero-order chi connectivity index (χ0) is 11.4. The van der Waals surface area contributed by atoms with Crippen LogP contribution in [0.1, 0.15) is 33.6 Å². The Balaban J connectivity index is 2.67. The Kier molecular flexibility index (Phi) is 3.83. The molecule has 15 heavy (non-hydrogen) atoms. The van der Waals surface area contributed by atoms with Crippen LogP contribution in [0, 0.1) is 5.92 Å². The summed E-state index contributed by atoms with van der Waals surface area (Å²) in [7, 11) is 0. The first kappa shape index (κ1) is 11.7. The van der Waals surface area contributed by atoms with Gasteiger partial charge in [0.2, 0.25) is 0 Å². The first-order chi connectivity index (χ1) is 7.00. The Labute approximate surface area is 89.8 Å². The Morgan fingerprint density at radius 3 is 2.33 bits per heavy atom. The van der Waals surface area contributed by atoms with Gasteiger partial charge in [-0.3, -0.25) is 4.79 Å². The maximum absolute atomic E-state index is 11.3. The number of allylic oxidation sites excluding steroid dienone is 3. The van der Waals surface area contributed by atoms with Crippen molar-refractivity contribution in [2.45, 2.75) is 33.6 Å². The summed E-state index contributed by atoms with van der Waals surface area (Å²) in [6.07, 6.45) is 5.24. The van der Waals surface area contributed by atoms with E-state index in [1.54, 1.807) is 6.08 Å². The highest BCUT2D eigenvalue weighted by Crippen LogP contribution is 2.24. The smallest absolute Gasteiger partial charge is 0.341 e. The van der Waals surface area contributed by atoms with E-state index in [-0.39, 0.29) is 0 Å². The fraction of sp³-hybridized carbons (Fsp3) is 0.500. The van der Waals surface area contributed by atoms with Gasteiger partial charge in [0.15, 0.2) is 0 Å². The van der Waals surface area contributed by atoms with Crippen LogP contribution in [0.4, 0.5) is 0 Å². The van der Waals surface area contributed by atoms with Crippen LogP contribution in [-0.4, -0.2) is 11.9 Å². The average Bonchev–Trinajstić information content (AvgIpc) is 2.17. The molecule has 0 atom stereocenters. The van der Waals surface area contributed by atoms with Crippen LogP contribution in [0.15, 0.2) is 23.3 Å². The lowest BCUT2D eigenvalue weighted by Gasteiger charge is -2.15. The highest BCUT2D eigenvalue weighted by atomic mass is 16.6. The zero-order valence-electron chi connectivity index (χ0n) is 9.37. The van der Waals surface area contributed by atoms with Crippen molar-refractivity contribution in [1.82, 2.24) is 0 Å². The quantitative estimate of drug-likeness (QED) is 0.517. The zero-order valence-corrected chi connectivity index (χ0v) is 9.37. The monoisotopic (exact) mass is 208 g/mol. The Morgan fingerprint density at radius 2 is 1.93 bits per heavy atom. The van der Waals surface area contributed by atoms with Gasteiger partial charge >= 0.3 is 11.9 Å². The van der Waals surface area contributed by atoms with E-state index in [0.717, 1.165) is 6.42 Å². The van der Waals surface area contributed by atoms with Crippen molar-refractivity contribution >= 4 is 11.9 Å².